The molecule has 6 atom stereocenters. The van der Waals surface area contributed by atoms with Crippen LogP contribution >= 0.6 is 0 Å². The number of fused-ring (bicyclic) bond motifs is 3. The topological polar surface area (TPSA) is 80.2 Å². The highest BCUT2D eigenvalue weighted by Gasteiger charge is 2.67. The molecule has 5 rings (SSSR count). The standard InChI is InChI=1S/C22H31N3O4/c1-20(2)13-5-7-21(20,3)15(11-13)23-24-18(26)16-14-6-8-22(29-14)12-25(9-10-28-4)19(27)17(16)22/h6,8,13-14,16-17H,5,7,9-12H2,1-4H3,(H,24,26)/b23-15+/t13-,14-,16-,17+,21+,22-/m1/s1. The van der Waals surface area contributed by atoms with E-state index in [1.165, 1.54) is 6.42 Å². The summed E-state index contributed by atoms with van der Waals surface area (Å²) in [6.07, 6.45) is 6.86. The largest absolute Gasteiger partial charge is 0.383 e. The number of rotatable bonds is 5. The molecule has 7 heteroatoms. The van der Waals surface area contributed by atoms with Gasteiger partial charge in [0.15, 0.2) is 0 Å². The SMILES string of the molecule is COCCN1C[C@@]23C=C[C@@H](O2)[C@@H](C(=O)N/N=C2\C[C@H]4CC[C@]2(C)C4(C)C)[C@H]3C1=O. The number of likely N-dealkylation sites (tertiary alicyclic amines) is 1. The number of amides is 2. The minimum absolute atomic E-state index is 0.0188. The van der Waals surface area contributed by atoms with Crippen LogP contribution in [0.15, 0.2) is 17.3 Å². The number of hydrogen-bond donors (Lipinski definition) is 1. The Morgan fingerprint density at radius 2 is 2.21 bits per heavy atom. The molecule has 4 bridgehead atoms. The minimum atomic E-state index is -0.676. The van der Waals surface area contributed by atoms with Crippen molar-refractivity contribution in [3.8, 4) is 0 Å². The second kappa shape index (κ2) is 6.14. The number of nitrogens with zero attached hydrogens (tertiary/aromatic N) is 2. The first-order valence-electron chi connectivity index (χ1n) is 10.8. The molecule has 4 fully saturated rings. The Morgan fingerprint density at radius 3 is 2.86 bits per heavy atom. The Morgan fingerprint density at radius 1 is 1.41 bits per heavy atom. The van der Waals surface area contributed by atoms with Gasteiger partial charge in [0.25, 0.3) is 0 Å². The number of hydrogen-bond acceptors (Lipinski definition) is 5. The van der Waals surface area contributed by atoms with Crippen LogP contribution in [0.3, 0.4) is 0 Å². The third kappa shape index (κ3) is 2.40. The van der Waals surface area contributed by atoms with Crippen LogP contribution < -0.4 is 5.43 Å². The molecule has 29 heavy (non-hydrogen) atoms. The molecule has 7 nitrogen and oxygen atoms in total. The maximum absolute atomic E-state index is 13.1. The molecule has 2 amide bonds. The molecule has 0 aromatic heterocycles. The van der Waals surface area contributed by atoms with Crippen molar-refractivity contribution in [1.29, 1.82) is 0 Å². The maximum atomic E-state index is 13.1. The van der Waals surface area contributed by atoms with Gasteiger partial charge in [-0.05, 0) is 30.6 Å². The zero-order valence-corrected chi connectivity index (χ0v) is 17.7. The van der Waals surface area contributed by atoms with Crippen LogP contribution in [0.5, 0.6) is 0 Å². The predicted octanol–water partition coefficient (Wildman–Crippen LogP) is 1.73. The third-order valence-electron chi connectivity index (χ3n) is 8.86. The lowest BCUT2D eigenvalue weighted by molar-refractivity contribution is -0.137. The summed E-state index contributed by atoms with van der Waals surface area (Å²) in [5.74, 6) is -0.587. The van der Waals surface area contributed by atoms with E-state index in [9.17, 15) is 9.59 Å². The van der Waals surface area contributed by atoms with Gasteiger partial charge in [0.1, 0.15) is 5.60 Å². The van der Waals surface area contributed by atoms with Crippen molar-refractivity contribution in [2.24, 2.45) is 33.7 Å². The van der Waals surface area contributed by atoms with E-state index in [0.717, 1.165) is 18.6 Å². The van der Waals surface area contributed by atoms with Crippen molar-refractivity contribution in [3.05, 3.63) is 12.2 Å². The lowest BCUT2D eigenvalue weighted by atomic mass is 9.70. The third-order valence-corrected chi connectivity index (χ3v) is 8.86. The summed E-state index contributed by atoms with van der Waals surface area (Å²) in [4.78, 5) is 27.9. The number of carbonyl (C=O) groups is 2. The second-order valence-electron chi connectivity index (χ2n) is 10.2. The zero-order chi connectivity index (χ0) is 20.6. The summed E-state index contributed by atoms with van der Waals surface area (Å²) < 4.78 is 11.3. The van der Waals surface area contributed by atoms with E-state index in [0.29, 0.717) is 25.6 Å². The van der Waals surface area contributed by atoms with E-state index in [2.05, 4.69) is 31.3 Å². The molecule has 0 aromatic carbocycles. The molecule has 3 aliphatic heterocycles. The normalized spacial score (nSPS) is 44.9. The Bertz CT molecular complexity index is 821. The van der Waals surface area contributed by atoms with Gasteiger partial charge >= 0.3 is 0 Å². The number of methoxy groups -OCH3 is 1. The van der Waals surface area contributed by atoms with Gasteiger partial charge in [-0.3, -0.25) is 9.59 Å². The number of ether oxygens (including phenoxy) is 2. The van der Waals surface area contributed by atoms with Gasteiger partial charge in [-0.15, -0.1) is 0 Å². The minimum Gasteiger partial charge on any atom is -0.383 e. The summed E-state index contributed by atoms with van der Waals surface area (Å²) in [5, 5.41) is 4.60. The lowest BCUT2D eigenvalue weighted by Gasteiger charge is -2.34. The van der Waals surface area contributed by atoms with Gasteiger partial charge in [-0.2, -0.15) is 5.10 Å². The summed E-state index contributed by atoms with van der Waals surface area (Å²) in [5.41, 5.74) is 3.50. The number of carbonyl (C=O) groups excluding carboxylic acids is 2. The van der Waals surface area contributed by atoms with E-state index in [-0.39, 0.29) is 28.7 Å². The second-order valence-corrected chi connectivity index (χ2v) is 10.2. The smallest absolute Gasteiger partial charge is 0.247 e. The van der Waals surface area contributed by atoms with Crippen LogP contribution in [0, 0.1) is 28.6 Å². The molecule has 2 saturated carbocycles. The van der Waals surface area contributed by atoms with Crippen molar-refractivity contribution in [3.63, 3.8) is 0 Å². The lowest BCUT2D eigenvalue weighted by Crippen LogP contribution is -2.43. The molecule has 0 radical (unpaired) electrons. The number of hydrazone groups is 1. The highest BCUT2D eigenvalue weighted by molar-refractivity contribution is 5.96. The van der Waals surface area contributed by atoms with Gasteiger partial charge in [0.05, 0.1) is 31.1 Å². The molecular weight excluding hydrogens is 370 g/mol. The van der Waals surface area contributed by atoms with E-state index in [1.807, 2.05) is 12.2 Å². The Labute approximate surface area is 171 Å². The van der Waals surface area contributed by atoms with Crippen molar-refractivity contribution in [2.75, 3.05) is 26.8 Å². The van der Waals surface area contributed by atoms with Crippen molar-refractivity contribution in [2.45, 2.75) is 51.7 Å². The van der Waals surface area contributed by atoms with Crippen LogP contribution in [0.25, 0.3) is 0 Å². The van der Waals surface area contributed by atoms with E-state index in [4.69, 9.17) is 9.47 Å². The van der Waals surface area contributed by atoms with Crippen LogP contribution in [0.2, 0.25) is 0 Å². The molecule has 1 spiro atoms. The van der Waals surface area contributed by atoms with Crippen LogP contribution in [-0.2, 0) is 19.1 Å². The molecule has 3 heterocycles. The predicted molar refractivity (Wildman–Crippen MR) is 107 cm³/mol. The average Bonchev–Trinajstić information content (AvgIpc) is 3.41. The molecule has 1 N–H and O–H groups in total. The molecule has 2 saturated heterocycles. The fraction of sp³-hybridized carbons (Fsp3) is 0.773. The summed E-state index contributed by atoms with van der Waals surface area (Å²) in [7, 11) is 1.62. The van der Waals surface area contributed by atoms with E-state index < -0.39 is 17.4 Å². The Kier molecular flexibility index (Phi) is 4.07. The van der Waals surface area contributed by atoms with Crippen LogP contribution in [0.1, 0.15) is 40.0 Å². The van der Waals surface area contributed by atoms with E-state index in [1.54, 1.807) is 12.0 Å². The maximum Gasteiger partial charge on any atom is 0.247 e. The first-order valence-corrected chi connectivity index (χ1v) is 10.8. The quantitative estimate of drug-likeness (QED) is 0.562. The van der Waals surface area contributed by atoms with Crippen molar-refractivity contribution >= 4 is 17.5 Å². The fourth-order valence-corrected chi connectivity index (χ4v) is 6.56. The first-order chi connectivity index (χ1) is 13.7. The molecule has 2 aliphatic carbocycles. The highest BCUT2D eigenvalue weighted by Crippen LogP contribution is 2.64. The molecule has 0 aromatic rings. The summed E-state index contributed by atoms with van der Waals surface area (Å²) >= 11 is 0. The molecular formula is C22H31N3O4. The van der Waals surface area contributed by atoms with Gasteiger partial charge < -0.3 is 14.4 Å². The zero-order valence-electron chi connectivity index (χ0n) is 17.7. The van der Waals surface area contributed by atoms with E-state index >= 15 is 0 Å². The monoisotopic (exact) mass is 401 g/mol. The Hall–Kier alpha value is -1.73. The Balaban J connectivity index is 1.34. The molecule has 5 aliphatic rings. The van der Waals surface area contributed by atoms with Crippen molar-refractivity contribution in [1.82, 2.24) is 10.3 Å². The molecule has 158 valence electrons. The van der Waals surface area contributed by atoms with Crippen LogP contribution in [-0.4, -0.2) is 60.9 Å². The highest BCUT2D eigenvalue weighted by atomic mass is 16.5. The van der Waals surface area contributed by atoms with Gasteiger partial charge in [0.2, 0.25) is 11.8 Å². The average molecular weight is 402 g/mol. The fourth-order valence-electron chi connectivity index (χ4n) is 6.56. The summed E-state index contributed by atoms with van der Waals surface area (Å²) in [6, 6.07) is 0. The first kappa shape index (κ1) is 19.2. The van der Waals surface area contributed by atoms with Crippen molar-refractivity contribution < 1.29 is 19.1 Å². The van der Waals surface area contributed by atoms with Gasteiger partial charge in [-0.25, -0.2) is 5.43 Å². The van der Waals surface area contributed by atoms with Gasteiger partial charge in [-0.1, -0.05) is 32.9 Å². The van der Waals surface area contributed by atoms with Crippen LogP contribution in [0.4, 0.5) is 0 Å². The molecule has 0 unspecified atom stereocenters. The number of nitrogens with one attached hydrogen (secondary N) is 1. The van der Waals surface area contributed by atoms with Gasteiger partial charge in [0, 0.05) is 24.8 Å². The summed E-state index contributed by atoms with van der Waals surface area (Å²) in [6.45, 7) is 8.39.